The lowest BCUT2D eigenvalue weighted by molar-refractivity contribution is -0.384. The molecule has 0 aliphatic rings. The Hall–Kier alpha value is -3.10. The summed E-state index contributed by atoms with van der Waals surface area (Å²) in [5.41, 5.74) is 0.121. The Morgan fingerprint density at radius 3 is 2.69 bits per heavy atom. The molecule has 0 unspecified atom stereocenters. The molecule has 14 heteroatoms. The molecule has 0 saturated carbocycles. The quantitative estimate of drug-likeness (QED) is 0.176. The van der Waals surface area contributed by atoms with E-state index in [1.54, 1.807) is 0 Å². The van der Waals surface area contributed by atoms with Crippen LogP contribution in [0.5, 0.6) is 0 Å². The average Bonchev–Trinajstić information content (AvgIpc) is 3.04. The van der Waals surface area contributed by atoms with Gasteiger partial charge < -0.3 is 9.45 Å². The van der Waals surface area contributed by atoms with Crippen LogP contribution in [-0.4, -0.2) is 53.3 Å². The van der Waals surface area contributed by atoms with Crippen LogP contribution in [0.25, 0.3) is 0 Å². The third-order valence-corrected chi connectivity index (χ3v) is 3.34. The summed E-state index contributed by atoms with van der Waals surface area (Å²) in [6.07, 6.45) is 1.24. The Morgan fingerprint density at radius 1 is 1.38 bits per heavy atom. The van der Waals surface area contributed by atoms with Crippen molar-refractivity contribution >= 4 is 33.4 Å². The number of benzene rings is 1. The van der Waals surface area contributed by atoms with Gasteiger partial charge in [-0.1, -0.05) is 0 Å². The first-order chi connectivity index (χ1) is 11.8. The predicted octanol–water partition coefficient (Wildman–Crippen LogP) is 1.49. The molecule has 0 saturated heterocycles. The highest BCUT2D eigenvalue weighted by Gasteiger charge is 2.18. The summed E-state index contributed by atoms with van der Waals surface area (Å²) >= 11 is 0. The number of hydrogen-bond acceptors (Lipinski definition) is 11. The van der Waals surface area contributed by atoms with Gasteiger partial charge in [0.15, 0.2) is 0 Å². The lowest BCUT2D eigenvalue weighted by Gasteiger charge is -2.19. The van der Waals surface area contributed by atoms with Crippen LogP contribution < -0.4 is 4.90 Å². The van der Waals surface area contributed by atoms with E-state index in [0.29, 0.717) is 0 Å². The zero-order valence-corrected chi connectivity index (χ0v) is 14.6. The molecule has 0 atom stereocenters. The second-order valence-corrected chi connectivity index (χ2v) is 5.64. The standard InChI is InChI=1S/C11H13N7O6S.CH3/c1-17(4-5-24-25(21,22)23)9-3-2-8(6-10(9)18(19)20)14-16-11-12-7-13-15-11;/h2-3,6-7H,4-5H2,1H3,(H,12,13,15)(H,21,22,23);1H3/q;+1/p-1. The normalized spacial score (nSPS) is 11.3. The molecule has 2 rings (SSSR count). The van der Waals surface area contributed by atoms with Crippen molar-refractivity contribution in [3.63, 3.8) is 0 Å². The fourth-order valence-electron chi connectivity index (χ4n) is 1.79. The molecule has 1 heterocycles. The summed E-state index contributed by atoms with van der Waals surface area (Å²) in [4.78, 5) is 15.7. The first kappa shape index (κ1) is 20.9. The second-order valence-electron chi connectivity index (χ2n) is 4.59. The number of azo groups is 1. The van der Waals surface area contributed by atoms with E-state index in [2.05, 4.69) is 29.6 Å². The molecular weight excluding hydrogens is 370 g/mol. The molecule has 0 bridgehead atoms. The lowest BCUT2D eigenvalue weighted by Crippen LogP contribution is -2.24. The summed E-state index contributed by atoms with van der Waals surface area (Å²) in [7, 11) is -3.33. The fraction of sp³-hybridized carbons (Fsp3) is 0.250. The van der Waals surface area contributed by atoms with E-state index in [9.17, 15) is 23.1 Å². The smallest absolute Gasteiger partial charge is 0.294 e. The summed E-state index contributed by atoms with van der Waals surface area (Å²) in [5, 5.41) is 24.8. The number of aromatic amines is 1. The monoisotopic (exact) mass is 385 g/mol. The van der Waals surface area contributed by atoms with Crippen LogP contribution >= 0.6 is 0 Å². The molecule has 1 N–H and O–H groups in total. The van der Waals surface area contributed by atoms with Crippen LogP contribution in [-0.2, 0) is 14.6 Å². The zero-order valence-electron chi connectivity index (χ0n) is 13.8. The summed E-state index contributed by atoms with van der Waals surface area (Å²) < 4.78 is 35.3. The first-order valence-electron chi connectivity index (χ1n) is 6.63. The van der Waals surface area contributed by atoms with Gasteiger partial charge in [0.1, 0.15) is 12.0 Å². The summed E-state index contributed by atoms with van der Waals surface area (Å²) in [6, 6.07) is 4.08. The number of nitro benzene ring substituents is 1. The minimum atomic E-state index is -4.82. The number of nitro groups is 1. The molecule has 26 heavy (non-hydrogen) atoms. The van der Waals surface area contributed by atoms with Crippen LogP contribution in [0.1, 0.15) is 0 Å². The number of nitrogens with one attached hydrogen (secondary N) is 1. The number of nitrogens with zero attached hydrogens (tertiary/aromatic N) is 6. The van der Waals surface area contributed by atoms with Crippen LogP contribution in [0.4, 0.5) is 23.0 Å². The van der Waals surface area contributed by atoms with E-state index in [-0.39, 0.29) is 37.0 Å². The van der Waals surface area contributed by atoms with Crippen molar-refractivity contribution in [3.8, 4) is 0 Å². The van der Waals surface area contributed by atoms with Crippen molar-refractivity contribution in [3.05, 3.63) is 42.1 Å². The van der Waals surface area contributed by atoms with E-state index in [1.165, 1.54) is 36.5 Å². The van der Waals surface area contributed by atoms with Gasteiger partial charge in [0.05, 0.1) is 17.2 Å². The largest absolute Gasteiger partial charge is 0.726 e. The van der Waals surface area contributed by atoms with Gasteiger partial charge in [-0.2, -0.15) is 10.1 Å². The van der Waals surface area contributed by atoms with Gasteiger partial charge in [0, 0.05) is 27.1 Å². The molecule has 0 fully saturated rings. The molecular formula is C12H15N7O6S. The number of H-pyrrole nitrogens is 1. The molecule has 1 aromatic heterocycles. The number of hydrogen-bond donors (Lipinski definition) is 1. The van der Waals surface area contributed by atoms with Gasteiger partial charge in [-0.3, -0.25) is 14.3 Å². The van der Waals surface area contributed by atoms with E-state index < -0.39 is 21.9 Å². The molecule has 0 radical (unpaired) electrons. The van der Waals surface area contributed by atoms with Gasteiger partial charge in [-0.25, -0.2) is 13.5 Å². The van der Waals surface area contributed by atoms with Crippen molar-refractivity contribution in [1.82, 2.24) is 15.2 Å². The van der Waals surface area contributed by atoms with Crippen molar-refractivity contribution in [2.75, 3.05) is 25.1 Å². The molecule has 0 aliphatic carbocycles. The van der Waals surface area contributed by atoms with E-state index in [4.69, 9.17) is 0 Å². The summed E-state index contributed by atoms with van der Waals surface area (Å²) in [5.74, 6) is 0.139. The number of anilines is 1. The van der Waals surface area contributed by atoms with Crippen molar-refractivity contribution in [2.24, 2.45) is 10.2 Å². The topological polar surface area (TPSA) is 179 Å². The number of likely N-dealkylation sites (N-methyl/N-ethyl adjacent to an activating group) is 1. The van der Waals surface area contributed by atoms with Crippen LogP contribution in [0.15, 0.2) is 34.8 Å². The third-order valence-electron chi connectivity index (χ3n) is 2.88. The number of aromatic nitrogens is 3. The minimum absolute atomic E-state index is 0. The fourth-order valence-corrected chi connectivity index (χ4v) is 2.07. The first-order valence-corrected chi connectivity index (χ1v) is 7.96. The van der Waals surface area contributed by atoms with Crippen LogP contribution in [0, 0.1) is 17.5 Å². The molecule has 140 valence electrons. The van der Waals surface area contributed by atoms with Gasteiger partial charge in [-0.05, 0) is 12.1 Å². The maximum Gasteiger partial charge on any atom is 0.294 e. The van der Waals surface area contributed by atoms with E-state index >= 15 is 0 Å². The van der Waals surface area contributed by atoms with Crippen molar-refractivity contribution in [1.29, 1.82) is 0 Å². The highest BCUT2D eigenvalue weighted by atomic mass is 32.3. The predicted molar refractivity (Wildman–Crippen MR) is 89.0 cm³/mol. The number of rotatable bonds is 8. The maximum absolute atomic E-state index is 11.2. The summed E-state index contributed by atoms with van der Waals surface area (Å²) in [6.45, 7) is -0.492. The Balaban J connectivity index is 0.00000338. The molecule has 0 amide bonds. The Morgan fingerprint density at radius 2 is 2.12 bits per heavy atom. The molecule has 1 aromatic carbocycles. The minimum Gasteiger partial charge on any atom is -0.726 e. The van der Waals surface area contributed by atoms with E-state index in [1.807, 2.05) is 0 Å². The highest BCUT2D eigenvalue weighted by Crippen LogP contribution is 2.32. The van der Waals surface area contributed by atoms with Crippen LogP contribution in [0.2, 0.25) is 0 Å². The SMILES string of the molecule is CN(CCOS(=O)(=O)[O-])c1ccc(N=Nc2ncn[nH]2)cc1[N+](=O)[O-].[CH3+]. The van der Waals surface area contributed by atoms with Gasteiger partial charge in [0.2, 0.25) is 10.4 Å². The molecule has 0 aliphatic heterocycles. The highest BCUT2D eigenvalue weighted by molar-refractivity contribution is 7.80. The maximum atomic E-state index is 11.2. The average molecular weight is 385 g/mol. The van der Waals surface area contributed by atoms with E-state index in [0.717, 1.165) is 0 Å². The van der Waals surface area contributed by atoms with Crippen LogP contribution in [0.3, 0.4) is 0 Å². The van der Waals surface area contributed by atoms with Gasteiger partial charge >= 0.3 is 0 Å². The van der Waals surface area contributed by atoms with Crippen molar-refractivity contribution in [2.45, 2.75) is 0 Å². The van der Waals surface area contributed by atoms with Crippen molar-refractivity contribution < 1.29 is 22.1 Å². The molecule has 2 aromatic rings. The van der Waals surface area contributed by atoms with Gasteiger partial charge in [-0.15, -0.1) is 10.2 Å². The zero-order chi connectivity index (χ0) is 18.4. The second kappa shape index (κ2) is 8.84. The Bertz CT molecular complexity index is 868. The lowest BCUT2D eigenvalue weighted by atomic mass is 10.2. The third kappa shape index (κ3) is 6.08. The Labute approximate surface area is 148 Å². The Kier molecular flexibility index (Phi) is 7.12. The van der Waals surface area contributed by atoms with Gasteiger partial charge in [0.25, 0.3) is 11.6 Å². The molecule has 13 nitrogen and oxygen atoms in total. The molecule has 0 spiro atoms.